The second-order valence-corrected chi connectivity index (χ2v) is 4.27. The standard InChI is InChI=1S/C12H18N2O4/c1-2-3-4-5-9(13)8-6-10(14(17)18)12(16)11(15)7-8/h6-7,9,15-16H,2-5,13H2,1H3/t9-/m1/s1. The number of nitrogens with zero attached hydrogens (tertiary/aromatic N) is 1. The van der Waals surface area contributed by atoms with Gasteiger partial charge in [0.05, 0.1) is 4.92 Å². The van der Waals surface area contributed by atoms with Crippen molar-refractivity contribution in [2.75, 3.05) is 0 Å². The highest BCUT2D eigenvalue weighted by Crippen LogP contribution is 2.37. The average molecular weight is 254 g/mol. The molecule has 0 spiro atoms. The van der Waals surface area contributed by atoms with Crippen LogP contribution in [0.4, 0.5) is 5.69 Å². The number of hydrogen-bond acceptors (Lipinski definition) is 5. The van der Waals surface area contributed by atoms with Crippen LogP contribution in [0.5, 0.6) is 11.5 Å². The highest BCUT2D eigenvalue weighted by molar-refractivity contribution is 5.56. The Bertz CT molecular complexity index is 434. The van der Waals surface area contributed by atoms with Gasteiger partial charge < -0.3 is 15.9 Å². The summed E-state index contributed by atoms with van der Waals surface area (Å²) in [5.74, 6) is -1.23. The predicted molar refractivity (Wildman–Crippen MR) is 67.5 cm³/mol. The van der Waals surface area contributed by atoms with Crippen molar-refractivity contribution in [1.29, 1.82) is 0 Å². The highest BCUT2D eigenvalue weighted by Gasteiger charge is 2.20. The summed E-state index contributed by atoms with van der Waals surface area (Å²) in [4.78, 5) is 9.96. The lowest BCUT2D eigenvalue weighted by Gasteiger charge is -2.12. The zero-order chi connectivity index (χ0) is 13.7. The summed E-state index contributed by atoms with van der Waals surface area (Å²) in [5, 5.41) is 29.5. The molecule has 1 atom stereocenters. The maximum atomic E-state index is 10.7. The Hall–Kier alpha value is -1.82. The van der Waals surface area contributed by atoms with Crippen molar-refractivity contribution in [3.05, 3.63) is 27.8 Å². The maximum absolute atomic E-state index is 10.7. The number of nitro groups is 1. The Kier molecular flexibility index (Phi) is 4.91. The van der Waals surface area contributed by atoms with Gasteiger partial charge in [-0.2, -0.15) is 0 Å². The van der Waals surface area contributed by atoms with Crippen molar-refractivity contribution < 1.29 is 15.1 Å². The molecule has 0 aliphatic rings. The van der Waals surface area contributed by atoms with E-state index in [1.165, 1.54) is 12.1 Å². The van der Waals surface area contributed by atoms with Crippen LogP contribution in [0.2, 0.25) is 0 Å². The van der Waals surface area contributed by atoms with Gasteiger partial charge in [0.15, 0.2) is 5.75 Å². The zero-order valence-electron chi connectivity index (χ0n) is 10.3. The fraction of sp³-hybridized carbons (Fsp3) is 0.500. The van der Waals surface area contributed by atoms with Gasteiger partial charge in [0, 0.05) is 12.1 Å². The third-order valence-corrected chi connectivity index (χ3v) is 2.84. The van der Waals surface area contributed by atoms with Crippen LogP contribution < -0.4 is 5.73 Å². The summed E-state index contributed by atoms with van der Waals surface area (Å²) < 4.78 is 0. The number of unbranched alkanes of at least 4 members (excludes halogenated alkanes) is 2. The Morgan fingerprint density at radius 1 is 1.39 bits per heavy atom. The third-order valence-electron chi connectivity index (χ3n) is 2.84. The average Bonchev–Trinajstić information content (AvgIpc) is 2.32. The van der Waals surface area contributed by atoms with Crippen molar-refractivity contribution in [1.82, 2.24) is 0 Å². The monoisotopic (exact) mass is 254 g/mol. The Labute approximate surface area is 105 Å². The summed E-state index contributed by atoms with van der Waals surface area (Å²) in [7, 11) is 0. The first-order chi connectivity index (χ1) is 8.47. The maximum Gasteiger partial charge on any atom is 0.314 e. The first-order valence-corrected chi connectivity index (χ1v) is 5.93. The molecule has 6 nitrogen and oxygen atoms in total. The van der Waals surface area contributed by atoms with Crippen molar-refractivity contribution in [3.8, 4) is 11.5 Å². The van der Waals surface area contributed by atoms with Gasteiger partial charge in [-0.15, -0.1) is 0 Å². The van der Waals surface area contributed by atoms with E-state index in [4.69, 9.17) is 5.73 Å². The van der Waals surface area contributed by atoms with E-state index in [1.807, 2.05) is 0 Å². The fourth-order valence-electron chi connectivity index (χ4n) is 1.76. The first-order valence-electron chi connectivity index (χ1n) is 5.93. The van der Waals surface area contributed by atoms with Gasteiger partial charge in [-0.25, -0.2) is 0 Å². The smallest absolute Gasteiger partial charge is 0.314 e. The number of aromatic hydroxyl groups is 2. The lowest BCUT2D eigenvalue weighted by atomic mass is 10.00. The fourth-order valence-corrected chi connectivity index (χ4v) is 1.76. The number of benzene rings is 1. The summed E-state index contributed by atoms with van der Waals surface area (Å²) >= 11 is 0. The van der Waals surface area contributed by atoms with Crippen LogP contribution in [0.25, 0.3) is 0 Å². The minimum atomic E-state index is -0.739. The largest absolute Gasteiger partial charge is 0.504 e. The van der Waals surface area contributed by atoms with Gasteiger partial charge in [-0.05, 0) is 18.1 Å². The number of nitro benzene ring substituents is 1. The predicted octanol–water partition coefficient (Wildman–Crippen LogP) is 2.59. The van der Waals surface area contributed by atoms with Crippen LogP contribution in [0.15, 0.2) is 12.1 Å². The quantitative estimate of drug-likeness (QED) is 0.313. The Balaban J connectivity index is 2.92. The van der Waals surface area contributed by atoms with E-state index in [1.54, 1.807) is 0 Å². The minimum absolute atomic E-state index is 0.373. The molecule has 0 saturated carbocycles. The minimum Gasteiger partial charge on any atom is -0.504 e. The molecule has 0 amide bonds. The number of phenolic OH excluding ortho intramolecular Hbond substituents is 2. The van der Waals surface area contributed by atoms with Crippen molar-refractivity contribution in [2.24, 2.45) is 5.73 Å². The highest BCUT2D eigenvalue weighted by atomic mass is 16.6. The summed E-state index contributed by atoms with van der Waals surface area (Å²) in [6.45, 7) is 2.07. The van der Waals surface area contributed by atoms with Crippen LogP contribution >= 0.6 is 0 Å². The number of phenols is 2. The van der Waals surface area contributed by atoms with Crippen molar-refractivity contribution in [2.45, 2.75) is 38.6 Å². The van der Waals surface area contributed by atoms with Gasteiger partial charge in [0.1, 0.15) is 0 Å². The first kappa shape index (κ1) is 14.2. The molecular weight excluding hydrogens is 236 g/mol. The molecule has 1 rings (SSSR count). The van der Waals surface area contributed by atoms with E-state index in [0.717, 1.165) is 19.3 Å². The molecule has 18 heavy (non-hydrogen) atoms. The van der Waals surface area contributed by atoms with E-state index < -0.39 is 22.1 Å². The topological polar surface area (TPSA) is 110 Å². The molecule has 0 unspecified atom stereocenters. The van der Waals surface area contributed by atoms with E-state index in [2.05, 4.69) is 6.92 Å². The molecule has 0 radical (unpaired) electrons. The van der Waals surface area contributed by atoms with Crippen molar-refractivity contribution in [3.63, 3.8) is 0 Å². The van der Waals surface area contributed by atoms with E-state index >= 15 is 0 Å². The Morgan fingerprint density at radius 2 is 2.06 bits per heavy atom. The summed E-state index contributed by atoms with van der Waals surface area (Å²) in [5.41, 5.74) is 5.86. The lowest BCUT2D eigenvalue weighted by molar-refractivity contribution is -0.386. The van der Waals surface area contributed by atoms with E-state index in [-0.39, 0.29) is 6.04 Å². The molecule has 0 aliphatic heterocycles. The molecule has 4 N–H and O–H groups in total. The molecule has 0 aromatic heterocycles. The molecule has 0 saturated heterocycles. The van der Waals surface area contributed by atoms with Gasteiger partial charge in [0.25, 0.3) is 0 Å². The lowest BCUT2D eigenvalue weighted by Crippen LogP contribution is -2.10. The number of hydrogen-bond donors (Lipinski definition) is 3. The Morgan fingerprint density at radius 3 is 2.61 bits per heavy atom. The normalized spacial score (nSPS) is 12.3. The molecule has 0 heterocycles. The number of nitrogens with two attached hydrogens (primary N) is 1. The van der Waals surface area contributed by atoms with Crippen LogP contribution in [0.3, 0.4) is 0 Å². The SMILES string of the molecule is CCCCC[C@@H](N)c1cc(O)c(O)c([N+](=O)[O-])c1. The summed E-state index contributed by atoms with van der Waals surface area (Å²) in [6.07, 6.45) is 3.72. The molecule has 6 heteroatoms. The zero-order valence-corrected chi connectivity index (χ0v) is 10.3. The van der Waals surface area contributed by atoms with Crippen LogP contribution in [0.1, 0.15) is 44.2 Å². The van der Waals surface area contributed by atoms with Gasteiger partial charge in [0.2, 0.25) is 5.75 Å². The molecule has 1 aromatic rings. The van der Waals surface area contributed by atoms with Crippen LogP contribution in [-0.2, 0) is 0 Å². The third kappa shape index (κ3) is 3.33. The molecule has 100 valence electrons. The van der Waals surface area contributed by atoms with Gasteiger partial charge in [-0.1, -0.05) is 26.2 Å². The number of rotatable bonds is 6. The molecule has 0 bridgehead atoms. The van der Waals surface area contributed by atoms with Gasteiger partial charge in [-0.3, -0.25) is 10.1 Å². The summed E-state index contributed by atoms with van der Waals surface area (Å²) in [6, 6.07) is 2.12. The second kappa shape index (κ2) is 6.20. The van der Waals surface area contributed by atoms with Crippen molar-refractivity contribution >= 4 is 5.69 Å². The van der Waals surface area contributed by atoms with Crippen LogP contribution in [-0.4, -0.2) is 15.1 Å². The second-order valence-electron chi connectivity index (χ2n) is 4.27. The molecular formula is C12H18N2O4. The molecule has 1 aromatic carbocycles. The van der Waals surface area contributed by atoms with E-state index in [9.17, 15) is 20.3 Å². The van der Waals surface area contributed by atoms with Crippen LogP contribution in [0, 0.1) is 10.1 Å². The van der Waals surface area contributed by atoms with E-state index in [0.29, 0.717) is 12.0 Å². The molecule has 0 aliphatic carbocycles. The van der Waals surface area contributed by atoms with Gasteiger partial charge >= 0.3 is 5.69 Å². The molecule has 0 fully saturated rings.